The number of aromatic amines is 1. The molecule has 3 aromatic rings. The molecule has 2 atom stereocenters. The Hall–Kier alpha value is -2.35. The van der Waals surface area contributed by atoms with E-state index in [-0.39, 0.29) is 5.41 Å². The summed E-state index contributed by atoms with van der Waals surface area (Å²) in [6, 6.07) is 22.6. The summed E-state index contributed by atoms with van der Waals surface area (Å²) in [5.41, 5.74) is 2.91. The Bertz CT molecular complexity index is 1170. The van der Waals surface area contributed by atoms with Gasteiger partial charge in [-0.05, 0) is 36.8 Å². The molecule has 0 spiro atoms. The first kappa shape index (κ1) is 42.1. The zero-order chi connectivity index (χ0) is 35.4. The van der Waals surface area contributed by atoms with Crippen LogP contribution in [-0.4, -0.2) is 4.98 Å². The molecule has 2 unspecified atom stereocenters. The summed E-state index contributed by atoms with van der Waals surface area (Å²) in [6.07, 6.45) is 42.0. The third-order valence-electron chi connectivity index (χ3n) is 11.6. The van der Waals surface area contributed by atoms with Crippen molar-refractivity contribution in [2.24, 2.45) is 0 Å². The molecule has 1 N–H and O–H groups in total. The van der Waals surface area contributed by atoms with E-state index >= 15 is 0 Å². The van der Waals surface area contributed by atoms with Crippen molar-refractivity contribution in [1.29, 1.82) is 0 Å². The number of benzene rings is 2. The lowest BCUT2D eigenvalue weighted by molar-refractivity contribution is -0.705. The lowest BCUT2D eigenvalue weighted by atomic mass is 9.66. The van der Waals surface area contributed by atoms with Crippen LogP contribution >= 0.6 is 0 Å². The molecule has 2 heteroatoms. The molecule has 3 rings (SSSR count). The smallest absolute Gasteiger partial charge is 0.247 e. The van der Waals surface area contributed by atoms with Gasteiger partial charge in [0.1, 0.15) is 12.4 Å². The van der Waals surface area contributed by atoms with Crippen molar-refractivity contribution in [3.63, 3.8) is 0 Å². The van der Waals surface area contributed by atoms with E-state index in [4.69, 9.17) is 0 Å². The molecular formula is C48H79N2+. The molecule has 1 aromatic heterocycles. The van der Waals surface area contributed by atoms with Gasteiger partial charge in [-0.1, -0.05) is 229 Å². The average Bonchev–Trinajstić information content (AvgIpc) is 3.60. The van der Waals surface area contributed by atoms with Crippen molar-refractivity contribution in [2.45, 2.75) is 212 Å². The number of hydrogen-bond donors (Lipinski definition) is 1. The van der Waals surface area contributed by atoms with Crippen LogP contribution in [-0.2, 0) is 18.4 Å². The molecule has 0 saturated heterocycles. The van der Waals surface area contributed by atoms with Crippen LogP contribution in [0.25, 0.3) is 0 Å². The molecule has 2 nitrogen and oxygen atoms in total. The Morgan fingerprint density at radius 3 is 1.42 bits per heavy atom. The monoisotopic (exact) mass is 684 g/mol. The molecule has 280 valence electrons. The van der Waals surface area contributed by atoms with Crippen LogP contribution in [0.2, 0.25) is 0 Å². The molecule has 0 aliphatic carbocycles. The summed E-state index contributed by atoms with van der Waals surface area (Å²) in [7, 11) is 0. The first-order valence-electron chi connectivity index (χ1n) is 21.8. The van der Waals surface area contributed by atoms with Gasteiger partial charge in [-0.2, -0.15) is 0 Å². The van der Waals surface area contributed by atoms with E-state index in [1.807, 2.05) is 0 Å². The maximum atomic E-state index is 3.81. The minimum Gasteiger partial charge on any atom is -0.247 e. The van der Waals surface area contributed by atoms with E-state index < -0.39 is 0 Å². The highest BCUT2D eigenvalue weighted by Gasteiger charge is 2.41. The quantitative estimate of drug-likeness (QED) is 0.0499. The molecule has 0 amide bonds. The highest BCUT2D eigenvalue weighted by molar-refractivity contribution is 5.32. The number of nitrogens with zero attached hydrogens (tertiary/aromatic N) is 1. The Balaban J connectivity index is 1.49. The van der Waals surface area contributed by atoms with Crippen molar-refractivity contribution >= 4 is 0 Å². The summed E-state index contributed by atoms with van der Waals surface area (Å²) in [4.78, 5) is 3.81. The number of nitrogens with one attached hydrogen (secondary N) is 1. The van der Waals surface area contributed by atoms with Gasteiger partial charge in [-0.15, -0.1) is 0 Å². The van der Waals surface area contributed by atoms with Gasteiger partial charge >= 0.3 is 0 Å². The van der Waals surface area contributed by atoms with E-state index in [1.54, 1.807) is 0 Å². The molecule has 0 bridgehead atoms. The van der Waals surface area contributed by atoms with Gasteiger partial charge in [0.25, 0.3) is 5.82 Å². The highest BCUT2D eigenvalue weighted by Crippen LogP contribution is 2.43. The number of rotatable bonds is 32. The molecule has 0 radical (unpaired) electrons. The summed E-state index contributed by atoms with van der Waals surface area (Å²) >= 11 is 0. The molecular weight excluding hydrogens is 605 g/mol. The first-order chi connectivity index (χ1) is 24.7. The summed E-state index contributed by atoms with van der Waals surface area (Å²) in [6.45, 7) is 8.29. The van der Waals surface area contributed by atoms with E-state index in [2.05, 4.69) is 103 Å². The second kappa shape index (κ2) is 27.3. The normalized spacial score (nSPS) is 13.4. The zero-order valence-corrected chi connectivity index (χ0v) is 33.3. The lowest BCUT2D eigenvalue weighted by Crippen LogP contribution is -2.43. The standard InChI is InChI=1S/C48H78N2/c1-4-6-8-10-12-14-15-16-17-18-19-20-21-22-24-26-34-41-50-42-40-49-47(50)46(39-33-25-23-13-11-9-7-5-2)48(3,45-37-31-28-32-38-45)43-44-35-29-27-30-36-44/h27-32,35-38,40,42,46H,4-26,33-34,39,41,43H2,1-3H3/p+1. The SMILES string of the molecule is CCCCCCCCCCCCCCCCCCC[n+]1cc[nH]c1C(CCCCCCCCCC)C(C)(Cc1ccccc1)c1ccccc1. The number of aryl methyl sites for hydroxylation is 1. The van der Waals surface area contributed by atoms with Crippen LogP contribution in [0.4, 0.5) is 0 Å². The first-order valence-corrected chi connectivity index (χ1v) is 21.8. The Labute approximate surface area is 310 Å². The number of H-pyrrole nitrogens is 1. The van der Waals surface area contributed by atoms with Gasteiger partial charge in [0.05, 0.1) is 12.5 Å². The van der Waals surface area contributed by atoms with Crippen LogP contribution < -0.4 is 4.57 Å². The van der Waals surface area contributed by atoms with Crippen LogP contribution in [0.5, 0.6) is 0 Å². The third kappa shape index (κ3) is 16.8. The summed E-state index contributed by atoms with van der Waals surface area (Å²) in [5, 5.41) is 0. The van der Waals surface area contributed by atoms with E-state index in [9.17, 15) is 0 Å². The number of aromatic nitrogens is 2. The van der Waals surface area contributed by atoms with Crippen molar-refractivity contribution < 1.29 is 4.57 Å². The van der Waals surface area contributed by atoms with E-state index in [0.29, 0.717) is 5.92 Å². The van der Waals surface area contributed by atoms with Crippen LogP contribution in [0.1, 0.15) is 211 Å². The molecule has 2 aromatic carbocycles. The van der Waals surface area contributed by atoms with Gasteiger partial charge < -0.3 is 0 Å². The number of hydrogen-bond acceptors (Lipinski definition) is 0. The predicted molar refractivity (Wildman–Crippen MR) is 219 cm³/mol. The maximum absolute atomic E-state index is 3.81. The third-order valence-corrected chi connectivity index (χ3v) is 11.6. The Morgan fingerprint density at radius 2 is 0.940 bits per heavy atom. The van der Waals surface area contributed by atoms with Crippen LogP contribution in [0, 0.1) is 0 Å². The van der Waals surface area contributed by atoms with Crippen molar-refractivity contribution in [1.82, 2.24) is 4.98 Å². The van der Waals surface area contributed by atoms with E-state index in [0.717, 1.165) is 13.0 Å². The van der Waals surface area contributed by atoms with Crippen LogP contribution in [0.3, 0.4) is 0 Å². The van der Waals surface area contributed by atoms with Gasteiger partial charge in [0.2, 0.25) is 0 Å². The van der Waals surface area contributed by atoms with Crippen molar-refractivity contribution in [3.8, 4) is 0 Å². The second-order valence-corrected chi connectivity index (χ2v) is 16.0. The molecule has 50 heavy (non-hydrogen) atoms. The Kier molecular flexibility index (Phi) is 23.0. The van der Waals surface area contributed by atoms with Gasteiger partial charge in [0.15, 0.2) is 0 Å². The fraction of sp³-hybridized carbons (Fsp3) is 0.688. The predicted octanol–water partition coefficient (Wildman–Crippen LogP) is 14.8. The summed E-state index contributed by atoms with van der Waals surface area (Å²) < 4.78 is 2.59. The molecule has 0 aliphatic heterocycles. The van der Waals surface area contributed by atoms with Gasteiger partial charge in [-0.25, -0.2) is 9.55 Å². The molecule has 0 aliphatic rings. The molecule has 1 heterocycles. The Morgan fingerprint density at radius 1 is 0.520 bits per heavy atom. The lowest BCUT2D eigenvalue weighted by Gasteiger charge is -2.37. The van der Waals surface area contributed by atoms with Crippen molar-refractivity contribution in [3.05, 3.63) is 90.0 Å². The minimum atomic E-state index is 0.00455. The molecule has 0 fully saturated rings. The zero-order valence-electron chi connectivity index (χ0n) is 33.3. The van der Waals surface area contributed by atoms with Crippen LogP contribution in [0.15, 0.2) is 73.1 Å². The fourth-order valence-electron chi connectivity index (χ4n) is 8.38. The number of unbranched alkanes of at least 4 members (excludes halogenated alkanes) is 23. The van der Waals surface area contributed by atoms with Gasteiger partial charge in [-0.3, -0.25) is 0 Å². The average molecular weight is 684 g/mol. The van der Waals surface area contributed by atoms with Gasteiger partial charge in [0, 0.05) is 5.41 Å². The summed E-state index contributed by atoms with van der Waals surface area (Å²) in [5.74, 6) is 1.87. The minimum absolute atomic E-state index is 0.00455. The highest BCUT2D eigenvalue weighted by atomic mass is 15.1. The number of imidazole rings is 1. The van der Waals surface area contributed by atoms with E-state index in [1.165, 1.54) is 184 Å². The molecule has 0 saturated carbocycles. The fourth-order valence-corrected chi connectivity index (χ4v) is 8.38. The maximum Gasteiger partial charge on any atom is 0.258 e. The topological polar surface area (TPSA) is 19.7 Å². The largest absolute Gasteiger partial charge is 0.258 e. The second-order valence-electron chi connectivity index (χ2n) is 16.0. The van der Waals surface area contributed by atoms with Crippen molar-refractivity contribution in [2.75, 3.05) is 0 Å².